The molecule has 0 atom stereocenters. The van der Waals surface area contributed by atoms with Crippen LogP contribution in [-0.2, 0) is 10.0 Å². The SMILES string of the molecule is O=S(=O)(NC(c1ccccc1)c1ccccc1)c1ccccc1Br. The van der Waals surface area contributed by atoms with Gasteiger partial charge in [0.05, 0.1) is 10.9 Å². The predicted molar refractivity (Wildman–Crippen MR) is 99.2 cm³/mol. The molecule has 5 heteroatoms. The van der Waals surface area contributed by atoms with Gasteiger partial charge in [-0.25, -0.2) is 8.42 Å². The quantitative estimate of drug-likeness (QED) is 0.682. The predicted octanol–water partition coefficient (Wildman–Crippen LogP) is 4.52. The number of benzene rings is 3. The van der Waals surface area contributed by atoms with Gasteiger partial charge in [0.25, 0.3) is 0 Å². The zero-order valence-corrected chi connectivity index (χ0v) is 15.2. The van der Waals surface area contributed by atoms with Crippen LogP contribution >= 0.6 is 15.9 Å². The van der Waals surface area contributed by atoms with E-state index in [1.54, 1.807) is 24.3 Å². The van der Waals surface area contributed by atoms with E-state index < -0.39 is 16.1 Å². The second-order valence-electron chi connectivity index (χ2n) is 5.31. The van der Waals surface area contributed by atoms with Gasteiger partial charge in [-0.3, -0.25) is 0 Å². The minimum absolute atomic E-state index is 0.224. The van der Waals surface area contributed by atoms with Gasteiger partial charge < -0.3 is 0 Å². The number of nitrogens with one attached hydrogen (secondary N) is 1. The first kappa shape index (κ1) is 16.9. The molecule has 24 heavy (non-hydrogen) atoms. The molecular formula is C19H16BrNO2S. The number of hydrogen-bond acceptors (Lipinski definition) is 2. The standard InChI is InChI=1S/C19H16BrNO2S/c20-17-13-7-8-14-18(17)24(22,23)21-19(15-9-3-1-4-10-15)16-11-5-2-6-12-16/h1-14,19,21H. The summed E-state index contributed by atoms with van der Waals surface area (Å²) in [6.07, 6.45) is 0. The van der Waals surface area contributed by atoms with E-state index in [-0.39, 0.29) is 4.90 Å². The lowest BCUT2D eigenvalue weighted by molar-refractivity contribution is 0.571. The second-order valence-corrected chi connectivity index (χ2v) is 7.84. The molecule has 3 nitrogen and oxygen atoms in total. The third-order valence-electron chi connectivity index (χ3n) is 3.66. The maximum absolute atomic E-state index is 12.9. The van der Waals surface area contributed by atoms with Crippen LogP contribution < -0.4 is 4.72 Å². The molecule has 3 aromatic rings. The smallest absolute Gasteiger partial charge is 0.207 e. The van der Waals surface area contributed by atoms with Crippen LogP contribution in [-0.4, -0.2) is 8.42 Å². The minimum atomic E-state index is -3.68. The Morgan fingerprint density at radius 3 is 1.67 bits per heavy atom. The van der Waals surface area contributed by atoms with Crippen LogP contribution in [0.2, 0.25) is 0 Å². The normalized spacial score (nSPS) is 11.6. The van der Waals surface area contributed by atoms with Crippen molar-refractivity contribution in [2.75, 3.05) is 0 Å². The fourth-order valence-electron chi connectivity index (χ4n) is 2.50. The highest BCUT2D eigenvalue weighted by molar-refractivity contribution is 9.10. The van der Waals surface area contributed by atoms with Gasteiger partial charge in [-0.05, 0) is 39.2 Å². The molecule has 3 aromatic carbocycles. The summed E-state index contributed by atoms with van der Waals surface area (Å²) < 4.78 is 29.1. The Balaban J connectivity index is 2.03. The molecule has 0 aromatic heterocycles. The maximum Gasteiger partial charge on any atom is 0.242 e. The molecule has 0 fully saturated rings. The Labute approximate surface area is 150 Å². The average molecular weight is 402 g/mol. The molecule has 0 aliphatic carbocycles. The zero-order valence-electron chi connectivity index (χ0n) is 12.8. The van der Waals surface area contributed by atoms with Gasteiger partial charge in [-0.2, -0.15) is 4.72 Å². The van der Waals surface area contributed by atoms with Crippen LogP contribution in [0.4, 0.5) is 0 Å². The van der Waals surface area contributed by atoms with Gasteiger partial charge in [0.2, 0.25) is 10.0 Å². The lowest BCUT2D eigenvalue weighted by atomic mass is 10.00. The van der Waals surface area contributed by atoms with E-state index in [1.807, 2.05) is 60.7 Å². The Kier molecular flexibility index (Phi) is 5.14. The molecule has 122 valence electrons. The van der Waals surface area contributed by atoms with E-state index in [1.165, 1.54) is 0 Å². The highest BCUT2D eigenvalue weighted by Crippen LogP contribution is 2.27. The van der Waals surface area contributed by atoms with Gasteiger partial charge in [-0.15, -0.1) is 0 Å². The number of rotatable bonds is 5. The van der Waals surface area contributed by atoms with E-state index in [0.717, 1.165) is 11.1 Å². The van der Waals surface area contributed by atoms with Gasteiger partial charge in [0, 0.05) is 4.47 Å². The molecular weight excluding hydrogens is 386 g/mol. The summed E-state index contributed by atoms with van der Waals surface area (Å²) in [5.41, 5.74) is 1.78. The van der Waals surface area contributed by atoms with Crippen LogP contribution in [0.1, 0.15) is 17.2 Å². The van der Waals surface area contributed by atoms with E-state index in [9.17, 15) is 8.42 Å². The molecule has 0 radical (unpaired) electrons. The van der Waals surface area contributed by atoms with Gasteiger partial charge in [0.1, 0.15) is 0 Å². The van der Waals surface area contributed by atoms with Crippen molar-refractivity contribution in [2.24, 2.45) is 0 Å². The van der Waals surface area contributed by atoms with E-state index >= 15 is 0 Å². The Hall–Kier alpha value is -1.95. The van der Waals surface area contributed by atoms with E-state index in [0.29, 0.717) is 4.47 Å². The van der Waals surface area contributed by atoms with Crippen LogP contribution in [0.25, 0.3) is 0 Å². The highest BCUT2D eigenvalue weighted by Gasteiger charge is 2.24. The van der Waals surface area contributed by atoms with Crippen molar-refractivity contribution in [1.82, 2.24) is 4.72 Å². The molecule has 0 saturated carbocycles. The molecule has 0 heterocycles. The Bertz CT molecular complexity index is 873. The second kappa shape index (κ2) is 7.30. The molecule has 0 aliphatic rings. The molecule has 0 bridgehead atoms. The van der Waals surface area contributed by atoms with Gasteiger partial charge >= 0.3 is 0 Å². The number of hydrogen-bond donors (Lipinski definition) is 1. The minimum Gasteiger partial charge on any atom is -0.207 e. The van der Waals surface area contributed by atoms with Crippen LogP contribution in [0.15, 0.2) is 94.3 Å². The van der Waals surface area contributed by atoms with Crippen LogP contribution in [0, 0.1) is 0 Å². The average Bonchev–Trinajstić information content (AvgIpc) is 2.61. The van der Waals surface area contributed by atoms with Crippen molar-refractivity contribution in [3.8, 4) is 0 Å². The molecule has 0 spiro atoms. The van der Waals surface area contributed by atoms with Crippen molar-refractivity contribution >= 4 is 26.0 Å². The summed E-state index contributed by atoms with van der Waals surface area (Å²) in [4.78, 5) is 0.224. The van der Waals surface area contributed by atoms with Crippen LogP contribution in [0.3, 0.4) is 0 Å². The topological polar surface area (TPSA) is 46.2 Å². The van der Waals surface area contributed by atoms with E-state index in [4.69, 9.17) is 0 Å². The largest absolute Gasteiger partial charge is 0.242 e. The first-order valence-electron chi connectivity index (χ1n) is 7.45. The molecule has 0 aliphatic heterocycles. The monoisotopic (exact) mass is 401 g/mol. The maximum atomic E-state index is 12.9. The molecule has 0 saturated heterocycles. The first-order chi connectivity index (χ1) is 11.6. The summed E-state index contributed by atoms with van der Waals surface area (Å²) in [6.45, 7) is 0. The number of sulfonamides is 1. The summed E-state index contributed by atoms with van der Waals surface area (Å²) in [6, 6.07) is 25.4. The first-order valence-corrected chi connectivity index (χ1v) is 9.72. The fourth-order valence-corrected chi connectivity index (χ4v) is 4.72. The Morgan fingerprint density at radius 2 is 1.17 bits per heavy atom. The van der Waals surface area contributed by atoms with Crippen molar-refractivity contribution in [2.45, 2.75) is 10.9 Å². The third-order valence-corrected chi connectivity index (χ3v) is 6.10. The van der Waals surface area contributed by atoms with Gasteiger partial charge in [0.15, 0.2) is 0 Å². The van der Waals surface area contributed by atoms with Crippen molar-refractivity contribution < 1.29 is 8.42 Å². The number of halogens is 1. The molecule has 0 unspecified atom stereocenters. The summed E-state index contributed by atoms with van der Waals surface area (Å²) in [7, 11) is -3.68. The van der Waals surface area contributed by atoms with E-state index in [2.05, 4.69) is 20.7 Å². The molecule has 1 N–H and O–H groups in total. The summed E-state index contributed by atoms with van der Waals surface area (Å²) in [5, 5.41) is 0. The summed E-state index contributed by atoms with van der Waals surface area (Å²) in [5.74, 6) is 0. The molecule has 3 rings (SSSR count). The summed E-state index contributed by atoms with van der Waals surface area (Å²) >= 11 is 3.32. The van der Waals surface area contributed by atoms with Gasteiger partial charge in [-0.1, -0.05) is 72.8 Å². The zero-order chi connectivity index (χ0) is 17.0. The third kappa shape index (κ3) is 3.75. The van der Waals surface area contributed by atoms with Crippen molar-refractivity contribution in [1.29, 1.82) is 0 Å². The Morgan fingerprint density at radius 1 is 0.708 bits per heavy atom. The highest BCUT2D eigenvalue weighted by atomic mass is 79.9. The fraction of sp³-hybridized carbons (Fsp3) is 0.0526. The molecule has 0 amide bonds. The van der Waals surface area contributed by atoms with Crippen molar-refractivity contribution in [3.05, 3.63) is 101 Å². The lowest BCUT2D eigenvalue weighted by Crippen LogP contribution is -2.29. The van der Waals surface area contributed by atoms with Crippen LogP contribution in [0.5, 0.6) is 0 Å². The van der Waals surface area contributed by atoms with Crippen molar-refractivity contribution in [3.63, 3.8) is 0 Å². The lowest BCUT2D eigenvalue weighted by Gasteiger charge is -2.20.